The monoisotopic (exact) mass is 424 g/mol. The van der Waals surface area contributed by atoms with E-state index in [0.29, 0.717) is 11.7 Å². The minimum atomic E-state index is -0.429. The number of primary amides is 1. The normalized spacial score (nSPS) is 10.6. The molecule has 8 heteroatoms. The molecule has 1 heterocycles. The Morgan fingerprint density at radius 1 is 1.17 bits per heavy atom. The highest BCUT2D eigenvalue weighted by atomic mass is 32.2. The molecule has 0 bridgehead atoms. The molecule has 2 N–H and O–H groups in total. The lowest BCUT2D eigenvalue weighted by atomic mass is 10.2. The van der Waals surface area contributed by atoms with Gasteiger partial charge in [0.1, 0.15) is 5.75 Å². The molecule has 0 unspecified atom stereocenters. The van der Waals surface area contributed by atoms with E-state index in [0.717, 1.165) is 17.0 Å². The molecular formula is C22H24N4O3S. The van der Waals surface area contributed by atoms with Crippen molar-refractivity contribution in [2.75, 3.05) is 19.4 Å². The number of carbonyl (C=O) groups excluding carboxylic acids is 2. The maximum absolute atomic E-state index is 12.9. The zero-order valence-corrected chi connectivity index (χ0v) is 17.5. The van der Waals surface area contributed by atoms with E-state index in [-0.39, 0.29) is 24.6 Å². The molecule has 0 aliphatic heterocycles. The van der Waals surface area contributed by atoms with Crippen molar-refractivity contribution in [3.05, 3.63) is 72.6 Å². The van der Waals surface area contributed by atoms with Gasteiger partial charge in [-0.2, -0.15) is 0 Å². The van der Waals surface area contributed by atoms with Crippen molar-refractivity contribution in [3.63, 3.8) is 0 Å². The van der Waals surface area contributed by atoms with Gasteiger partial charge < -0.3 is 15.4 Å². The van der Waals surface area contributed by atoms with E-state index in [1.54, 1.807) is 18.2 Å². The maximum Gasteiger partial charge on any atom is 0.233 e. The van der Waals surface area contributed by atoms with Crippen LogP contribution in [0.3, 0.4) is 0 Å². The van der Waals surface area contributed by atoms with Gasteiger partial charge in [-0.3, -0.25) is 14.2 Å². The van der Waals surface area contributed by atoms with Gasteiger partial charge in [-0.05, 0) is 17.7 Å². The minimum Gasteiger partial charge on any atom is -0.497 e. The van der Waals surface area contributed by atoms with Crippen LogP contribution >= 0.6 is 11.8 Å². The largest absolute Gasteiger partial charge is 0.497 e. The fraction of sp³-hybridized carbons (Fsp3) is 0.227. The zero-order chi connectivity index (χ0) is 21.3. The van der Waals surface area contributed by atoms with Gasteiger partial charge in [-0.25, -0.2) is 4.98 Å². The molecule has 0 radical (unpaired) electrons. The minimum absolute atomic E-state index is 0.0784. The van der Waals surface area contributed by atoms with Gasteiger partial charge in [0, 0.05) is 38.0 Å². The average Bonchev–Trinajstić information content (AvgIpc) is 3.24. The summed E-state index contributed by atoms with van der Waals surface area (Å²) in [5, 5.41) is 0.700. The first-order valence-electron chi connectivity index (χ1n) is 9.47. The second kappa shape index (κ2) is 10.5. The van der Waals surface area contributed by atoms with Crippen LogP contribution in [0.15, 0.2) is 72.1 Å². The fourth-order valence-electron chi connectivity index (χ4n) is 2.91. The highest BCUT2D eigenvalue weighted by Crippen LogP contribution is 2.23. The van der Waals surface area contributed by atoms with Gasteiger partial charge in [0.25, 0.3) is 0 Å². The third kappa shape index (κ3) is 5.87. The van der Waals surface area contributed by atoms with E-state index in [9.17, 15) is 9.59 Å². The van der Waals surface area contributed by atoms with Crippen molar-refractivity contribution >= 4 is 23.6 Å². The third-order valence-electron chi connectivity index (χ3n) is 4.46. The summed E-state index contributed by atoms with van der Waals surface area (Å²) in [6.45, 7) is 0.714. The van der Waals surface area contributed by atoms with Crippen molar-refractivity contribution in [3.8, 4) is 11.4 Å². The van der Waals surface area contributed by atoms with Crippen LogP contribution in [0.5, 0.6) is 5.75 Å². The number of aromatic nitrogens is 2. The Kier molecular flexibility index (Phi) is 7.51. The Balaban J connectivity index is 1.69. The van der Waals surface area contributed by atoms with Crippen LogP contribution in [0, 0.1) is 0 Å². The Labute approximate surface area is 179 Å². The van der Waals surface area contributed by atoms with Gasteiger partial charge >= 0.3 is 0 Å². The molecule has 0 aliphatic carbocycles. The van der Waals surface area contributed by atoms with Crippen LogP contribution in [-0.4, -0.2) is 45.7 Å². The number of amides is 2. The SMILES string of the molecule is COc1cccc(-n2ccnc2SCC(=O)N(CCC(N)=O)Cc2ccccc2)c1. The van der Waals surface area contributed by atoms with Gasteiger partial charge in [0.2, 0.25) is 11.8 Å². The molecule has 156 valence electrons. The Bertz CT molecular complexity index is 991. The molecule has 2 aromatic carbocycles. The van der Waals surface area contributed by atoms with Crippen molar-refractivity contribution in [2.45, 2.75) is 18.1 Å². The number of thioether (sulfide) groups is 1. The molecule has 0 saturated carbocycles. The van der Waals surface area contributed by atoms with E-state index < -0.39 is 5.91 Å². The summed E-state index contributed by atoms with van der Waals surface area (Å²) in [6, 6.07) is 17.3. The molecule has 3 aromatic rings. The van der Waals surface area contributed by atoms with E-state index in [2.05, 4.69) is 4.98 Å². The standard InChI is InChI=1S/C22H24N4O3S/c1-29-19-9-5-8-18(14-19)26-13-11-24-22(26)30-16-21(28)25(12-10-20(23)27)15-17-6-3-2-4-7-17/h2-9,11,13-14H,10,12,15-16H2,1H3,(H2,23,27). The molecule has 0 aliphatic rings. The number of hydrogen-bond acceptors (Lipinski definition) is 5. The number of methoxy groups -OCH3 is 1. The summed E-state index contributed by atoms with van der Waals surface area (Å²) in [6.07, 6.45) is 3.67. The van der Waals surface area contributed by atoms with Crippen molar-refractivity contribution < 1.29 is 14.3 Å². The second-order valence-corrected chi connectivity index (χ2v) is 7.53. The first kappa shape index (κ1) is 21.4. The molecule has 0 fully saturated rings. The summed E-state index contributed by atoms with van der Waals surface area (Å²) in [5.41, 5.74) is 7.19. The molecule has 2 amide bonds. The predicted octanol–water partition coefficient (Wildman–Crippen LogP) is 2.88. The van der Waals surface area contributed by atoms with Crippen molar-refractivity contribution in [2.24, 2.45) is 5.73 Å². The summed E-state index contributed by atoms with van der Waals surface area (Å²) < 4.78 is 7.19. The first-order valence-corrected chi connectivity index (χ1v) is 10.5. The maximum atomic E-state index is 12.9. The molecule has 30 heavy (non-hydrogen) atoms. The Hall–Kier alpha value is -3.26. The van der Waals surface area contributed by atoms with E-state index in [1.165, 1.54) is 11.8 Å². The van der Waals surface area contributed by atoms with E-state index >= 15 is 0 Å². The van der Waals surface area contributed by atoms with E-state index in [4.69, 9.17) is 10.5 Å². The number of nitrogens with two attached hydrogens (primary N) is 1. The lowest BCUT2D eigenvalue weighted by Gasteiger charge is -2.22. The van der Waals surface area contributed by atoms with E-state index in [1.807, 2.05) is 65.4 Å². The highest BCUT2D eigenvalue weighted by Gasteiger charge is 2.17. The van der Waals surface area contributed by atoms with Gasteiger partial charge in [-0.15, -0.1) is 0 Å². The number of nitrogens with zero attached hydrogens (tertiary/aromatic N) is 3. The van der Waals surface area contributed by atoms with Gasteiger partial charge in [0.15, 0.2) is 5.16 Å². The number of carbonyl (C=O) groups is 2. The summed E-state index contributed by atoms with van der Waals surface area (Å²) in [7, 11) is 1.62. The third-order valence-corrected chi connectivity index (χ3v) is 5.41. The predicted molar refractivity (Wildman–Crippen MR) is 117 cm³/mol. The van der Waals surface area contributed by atoms with Crippen molar-refractivity contribution in [1.29, 1.82) is 0 Å². The molecule has 0 atom stereocenters. The summed E-state index contributed by atoms with van der Waals surface area (Å²) >= 11 is 1.35. The molecule has 0 spiro atoms. The number of benzene rings is 2. The summed E-state index contributed by atoms with van der Waals surface area (Å²) in [4.78, 5) is 30.2. The zero-order valence-electron chi connectivity index (χ0n) is 16.7. The van der Waals surface area contributed by atoms with Crippen LogP contribution in [0.1, 0.15) is 12.0 Å². The average molecular weight is 425 g/mol. The quantitative estimate of drug-likeness (QED) is 0.506. The number of imidazole rings is 1. The van der Waals surface area contributed by atoms with Crippen LogP contribution in [0.4, 0.5) is 0 Å². The van der Waals surface area contributed by atoms with Crippen LogP contribution in [0.25, 0.3) is 5.69 Å². The summed E-state index contributed by atoms with van der Waals surface area (Å²) in [5.74, 6) is 0.438. The number of hydrogen-bond donors (Lipinski definition) is 1. The Morgan fingerprint density at radius 2 is 1.97 bits per heavy atom. The highest BCUT2D eigenvalue weighted by molar-refractivity contribution is 7.99. The van der Waals surface area contributed by atoms with Crippen LogP contribution in [-0.2, 0) is 16.1 Å². The topological polar surface area (TPSA) is 90.5 Å². The van der Waals surface area contributed by atoms with Crippen LogP contribution < -0.4 is 10.5 Å². The Morgan fingerprint density at radius 3 is 2.70 bits per heavy atom. The van der Waals surface area contributed by atoms with Crippen molar-refractivity contribution in [1.82, 2.24) is 14.5 Å². The molecular weight excluding hydrogens is 400 g/mol. The van der Waals surface area contributed by atoms with Gasteiger partial charge in [0.05, 0.1) is 18.6 Å². The van der Waals surface area contributed by atoms with Crippen LogP contribution in [0.2, 0.25) is 0 Å². The van der Waals surface area contributed by atoms with Gasteiger partial charge in [-0.1, -0.05) is 48.2 Å². The first-order chi connectivity index (χ1) is 14.6. The molecule has 7 nitrogen and oxygen atoms in total. The lowest BCUT2D eigenvalue weighted by molar-refractivity contribution is -0.129. The fourth-order valence-corrected chi connectivity index (χ4v) is 3.79. The molecule has 0 saturated heterocycles. The smallest absolute Gasteiger partial charge is 0.233 e. The second-order valence-electron chi connectivity index (χ2n) is 6.59. The lowest BCUT2D eigenvalue weighted by Crippen LogP contribution is -2.34. The molecule has 1 aromatic heterocycles. The number of rotatable bonds is 10. The number of ether oxygens (including phenoxy) is 1. The molecule has 3 rings (SSSR count).